The number of likely N-dealkylation sites (tertiary alicyclic amines) is 1. The number of aromatic nitrogens is 1. The molecule has 1 N–H and O–H groups in total. The second-order valence-electron chi connectivity index (χ2n) is 5.02. The van der Waals surface area contributed by atoms with Crippen LogP contribution in [0, 0.1) is 10.1 Å². The van der Waals surface area contributed by atoms with Crippen LogP contribution in [0.1, 0.15) is 36.7 Å². The van der Waals surface area contributed by atoms with E-state index in [9.17, 15) is 19.7 Å². The Labute approximate surface area is 121 Å². The molecule has 0 saturated carbocycles. The van der Waals surface area contributed by atoms with Crippen molar-refractivity contribution < 1.29 is 19.6 Å². The second-order valence-corrected chi connectivity index (χ2v) is 5.02. The number of aliphatic carboxylic acids is 1. The lowest BCUT2D eigenvalue weighted by atomic mass is 10.1. The fourth-order valence-electron chi connectivity index (χ4n) is 2.70. The maximum Gasteiger partial charge on any atom is 0.305 e. The zero-order chi connectivity index (χ0) is 15.6. The van der Waals surface area contributed by atoms with E-state index in [-0.39, 0.29) is 29.8 Å². The van der Waals surface area contributed by atoms with Crippen LogP contribution < -0.4 is 0 Å². The molecule has 0 spiro atoms. The Bertz CT molecular complexity index is 580. The van der Waals surface area contributed by atoms with Gasteiger partial charge in [-0.15, -0.1) is 0 Å². The van der Waals surface area contributed by atoms with Crippen LogP contribution in [0.2, 0.25) is 0 Å². The summed E-state index contributed by atoms with van der Waals surface area (Å²) in [6, 6.07) is 0.913. The second kappa shape index (κ2) is 5.94. The van der Waals surface area contributed by atoms with Gasteiger partial charge in [-0.05, 0) is 19.8 Å². The molecule has 1 aromatic heterocycles. The molecular weight excluding hydrogens is 278 g/mol. The third kappa shape index (κ3) is 3.04. The van der Waals surface area contributed by atoms with Crippen molar-refractivity contribution in [2.24, 2.45) is 0 Å². The Morgan fingerprint density at radius 1 is 1.52 bits per heavy atom. The molecule has 1 saturated heterocycles. The maximum absolute atomic E-state index is 12.5. The third-order valence-electron chi connectivity index (χ3n) is 3.70. The standard InChI is InChI=1S/C13H17N3O5/c1-2-14-8-10(16(20)21)6-11(14)13(19)15-5-3-4-9(15)7-12(17)18/h6,8-9H,2-5,7H2,1H3,(H,17,18). The highest BCUT2D eigenvalue weighted by Gasteiger charge is 2.33. The van der Waals surface area contributed by atoms with Crippen molar-refractivity contribution >= 4 is 17.6 Å². The van der Waals surface area contributed by atoms with E-state index in [0.29, 0.717) is 19.5 Å². The fraction of sp³-hybridized carbons (Fsp3) is 0.538. The Morgan fingerprint density at radius 3 is 2.81 bits per heavy atom. The van der Waals surface area contributed by atoms with Crippen LogP contribution in [-0.2, 0) is 11.3 Å². The van der Waals surface area contributed by atoms with Crippen LogP contribution >= 0.6 is 0 Å². The lowest BCUT2D eigenvalue weighted by Crippen LogP contribution is -2.37. The Hall–Kier alpha value is -2.38. The molecule has 1 atom stereocenters. The highest BCUT2D eigenvalue weighted by atomic mass is 16.6. The predicted molar refractivity (Wildman–Crippen MR) is 73.1 cm³/mol. The first-order valence-corrected chi connectivity index (χ1v) is 6.81. The van der Waals surface area contributed by atoms with Gasteiger partial charge in [0.05, 0.1) is 17.5 Å². The minimum absolute atomic E-state index is 0.0966. The van der Waals surface area contributed by atoms with Crippen LogP contribution in [0.4, 0.5) is 5.69 Å². The SMILES string of the molecule is CCn1cc([N+](=O)[O-])cc1C(=O)N1CCCC1CC(=O)O. The number of nitrogens with zero attached hydrogens (tertiary/aromatic N) is 3. The lowest BCUT2D eigenvalue weighted by molar-refractivity contribution is -0.384. The Morgan fingerprint density at radius 2 is 2.24 bits per heavy atom. The molecule has 0 aliphatic carbocycles. The molecule has 1 unspecified atom stereocenters. The molecule has 114 valence electrons. The summed E-state index contributed by atoms with van der Waals surface area (Å²) >= 11 is 0. The van der Waals surface area contributed by atoms with E-state index >= 15 is 0 Å². The van der Waals surface area contributed by atoms with Crippen molar-refractivity contribution in [3.8, 4) is 0 Å². The summed E-state index contributed by atoms with van der Waals surface area (Å²) < 4.78 is 1.52. The van der Waals surface area contributed by atoms with Crippen LogP contribution in [0.5, 0.6) is 0 Å². The number of carboxylic acid groups (broad SMARTS) is 1. The smallest absolute Gasteiger partial charge is 0.305 e. The lowest BCUT2D eigenvalue weighted by Gasteiger charge is -2.23. The quantitative estimate of drug-likeness (QED) is 0.654. The van der Waals surface area contributed by atoms with Crippen molar-refractivity contribution in [2.45, 2.75) is 38.8 Å². The van der Waals surface area contributed by atoms with Gasteiger partial charge in [-0.1, -0.05) is 0 Å². The number of hydrogen-bond acceptors (Lipinski definition) is 4. The molecule has 2 rings (SSSR count). The normalized spacial score (nSPS) is 18.0. The van der Waals surface area contributed by atoms with Crippen LogP contribution in [0.3, 0.4) is 0 Å². The molecule has 1 aliphatic heterocycles. The largest absolute Gasteiger partial charge is 0.481 e. The monoisotopic (exact) mass is 295 g/mol. The molecule has 21 heavy (non-hydrogen) atoms. The third-order valence-corrected chi connectivity index (χ3v) is 3.70. The van der Waals surface area contributed by atoms with Gasteiger partial charge in [0.1, 0.15) is 5.69 Å². The zero-order valence-electron chi connectivity index (χ0n) is 11.7. The van der Waals surface area contributed by atoms with Gasteiger partial charge in [0.15, 0.2) is 0 Å². The van der Waals surface area contributed by atoms with Gasteiger partial charge in [-0.25, -0.2) is 0 Å². The van der Waals surface area contributed by atoms with Crippen molar-refractivity contribution in [3.63, 3.8) is 0 Å². The molecule has 1 amide bonds. The van der Waals surface area contributed by atoms with E-state index in [1.807, 2.05) is 0 Å². The first-order chi connectivity index (χ1) is 9.93. The summed E-state index contributed by atoms with van der Waals surface area (Å²) in [5.74, 6) is -1.29. The topological polar surface area (TPSA) is 106 Å². The summed E-state index contributed by atoms with van der Waals surface area (Å²) in [5.41, 5.74) is 0.107. The number of amides is 1. The molecule has 2 heterocycles. The van der Waals surface area contributed by atoms with Gasteiger partial charge in [-0.3, -0.25) is 19.7 Å². The average molecular weight is 295 g/mol. The average Bonchev–Trinajstić information content (AvgIpc) is 3.03. The fourth-order valence-corrected chi connectivity index (χ4v) is 2.70. The number of carboxylic acids is 1. The van der Waals surface area contributed by atoms with Crippen molar-refractivity contribution in [1.29, 1.82) is 0 Å². The molecule has 1 aliphatic rings. The molecule has 0 radical (unpaired) electrons. The van der Waals surface area contributed by atoms with E-state index in [1.165, 1.54) is 21.7 Å². The van der Waals surface area contributed by atoms with Gasteiger partial charge in [0.25, 0.3) is 11.6 Å². The molecule has 0 bridgehead atoms. The number of rotatable bonds is 5. The molecule has 1 aromatic rings. The van der Waals surface area contributed by atoms with Crippen molar-refractivity contribution in [1.82, 2.24) is 9.47 Å². The van der Waals surface area contributed by atoms with E-state index in [0.717, 1.165) is 6.42 Å². The first kappa shape index (κ1) is 15.0. The summed E-state index contributed by atoms with van der Waals surface area (Å²) in [6.45, 7) is 2.71. The first-order valence-electron chi connectivity index (χ1n) is 6.81. The van der Waals surface area contributed by atoms with Gasteiger partial charge in [-0.2, -0.15) is 0 Å². The maximum atomic E-state index is 12.5. The molecule has 1 fully saturated rings. The molecular formula is C13H17N3O5. The number of carbonyl (C=O) groups is 2. The minimum Gasteiger partial charge on any atom is -0.481 e. The molecule has 8 nitrogen and oxygen atoms in total. The van der Waals surface area contributed by atoms with Crippen LogP contribution in [0.25, 0.3) is 0 Å². The van der Waals surface area contributed by atoms with Gasteiger partial charge in [0, 0.05) is 25.2 Å². The molecule has 8 heteroatoms. The summed E-state index contributed by atoms with van der Waals surface area (Å²) in [7, 11) is 0. The van der Waals surface area contributed by atoms with Gasteiger partial charge < -0.3 is 14.6 Å². The van der Waals surface area contributed by atoms with Gasteiger partial charge in [0.2, 0.25) is 0 Å². The van der Waals surface area contributed by atoms with Crippen LogP contribution in [-0.4, -0.2) is 44.0 Å². The minimum atomic E-state index is -0.948. The predicted octanol–water partition coefficient (Wildman–Crippen LogP) is 1.50. The number of aryl methyl sites for hydroxylation is 1. The number of carbonyl (C=O) groups excluding carboxylic acids is 1. The van der Waals surface area contributed by atoms with Gasteiger partial charge >= 0.3 is 5.97 Å². The zero-order valence-corrected chi connectivity index (χ0v) is 11.7. The number of hydrogen-bond donors (Lipinski definition) is 1. The van der Waals surface area contributed by atoms with E-state index in [4.69, 9.17) is 5.11 Å². The highest BCUT2D eigenvalue weighted by Crippen LogP contribution is 2.25. The van der Waals surface area contributed by atoms with Crippen LogP contribution in [0.15, 0.2) is 12.3 Å². The summed E-state index contributed by atoms with van der Waals surface area (Å²) in [4.78, 5) is 35.2. The van der Waals surface area contributed by atoms with E-state index < -0.39 is 10.9 Å². The highest BCUT2D eigenvalue weighted by molar-refractivity contribution is 5.94. The van der Waals surface area contributed by atoms with Crippen molar-refractivity contribution in [3.05, 3.63) is 28.1 Å². The summed E-state index contributed by atoms with van der Waals surface area (Å²) in [6.07, 6.45) is 2.63. The molecule has 0 aromatic carbocycles. The van der Waals surface area contributed by atoms with E-state index in [1.54, 1.807) is 6.92 Å². The van der Waals surface area contributed by atoms with E-state index in [2.05, 4.69) is 0 Å². The Balaban J connectivity index is 2.26. The Kier molecular flexibility index (Phi) is 4.25. The van der Waals surface area contributed by atoms with Crippen molar-refractivity contribution in [2.75, 3.05) is 6.54 Å². The summed E-state index contributed by atoms with van der Waals surface area (Å²) in [5, 5.41) is 19.7. The number of nitro groups is 1.